The molecule has 8 heteroatoms. The van der Waals surface area contributed by atoms with E-state index in [9.17, 15) is 0 Å². The van der Waals surface area contributed by atoms with Gasteiger partial charge in [-0.1, -0.05) is 0 Å². The fourth-order valence-electron chi connectivity index (χ4n) is 1.91. The third kappa shape index (κ3) is 4.13. The van der Waals surface area contributed by atoms with Crippen molar-refractivity contribution in [2.24, 2.45) is 0 Å². The van der Waals surface area contributed by atoms with Crippen LogP contribution in [-0.2, 0) is 18.9 Å². The van der Waals surface area contributed by atoms with Crippen LogP contribution in [0.25, 0.3) is 0 Å². The Hall–Kier alpha value is -1.22. The van der Waals surface area contributed by atoms with Gasteiger partial charge in [-0.05, 0) is 13.8 Å². The van der Waals surface area contributed by atoms with E-state index in [4.69, 9.17) is 18.9 Å². The first-order chi connectivity index (χ1) is 9.99. The predicted octanol–water partition coefficient (Wildman–Crippen LogP) is 0.880. The van der Waals surface area contributed by atoms with Crippen molar-refractivity contribution in [2.75, 3.05) is 47.0 Å². The number of likely N-dealkylation sites (N-methyl/N-ethyl adjacent to an activating group) is 1. The van der Waals surface area contributed by atoms with Crippen molar-refractivity contribution in [1.82, 2.24) is 14.9 Å². The average Bonchev–Trinajstić information content (AvgIpc) is 2.95. The van der Waals surface area contributed by atoms with Crippen molar-refractivity contribution in [1.29, 1.82) is 0 Å². The van der Waals surface area contributed by atoms with Gasteiger partial charge in [0.2, 0.25) is 0 Å². The van der Waals surface area contributed by atoms with E-state index in [2.05, 4.69) is 10.2 Å². The zero-order valence-electron chi connectivity index (χ0n) is 13.9. The van der Waals surface area contributed by atoms with Crippen LogP contribution in [0.3, 0.4) is 0 Å². The Bertz CT molecular complexity index is 395. The first kappa shape index (κ1) is 17.8. The van der Waals surface area contributed by atoms with Crippen LogP contribution in [0.4, 0.5) is 0 Å². The molecule has 0 radical (unpaired) electrons. The molecule has 0 bridgehead atoms. The molecule has 2 unspecified atom stereocenters. The molecule has 1 heterocycles. The van der Waals surface area contributed by atoms with Crippen LogP contribution in [0, 0.1) is 0 Å². The second kappa shape index (κ2) is 8.28. The molecule has 0 saturated heterocycles. The Morgan fingerprint density at radius 3 is 1.67 bits per heavy atom. The van der Waals surface area contributed by atoms with E-state index in [1.165, 1.54) is 0 Å². The minimum Gasteiger partial charge on any atom is -0.374 e. The van der Waals surface area contributed by atoms with Gasteiger partial charge in [-0.15, -0.1) is 10.2 Å². The van der Waals surface area contributed by atoms with Crippen molar-refractivity contribution in [3.8, 4) is 0 Å². The van der Waals surface area contributed by atoms with Gasteiger partial charge in [0.15, 0.2) is 17.9 Å². The molecule has 0 amide bonds. The maximum absolute atomic E-state index is 5.36. The Kier molecular flexibility index (Phi) is 7.03. The largest absolute Gasteiger partial charge is 0.374 e. The van der Waals surface area contributed by atoms with Gasteiger partial charge >= 0.3 is 0 Å². The number of rotatable bonds is 9. The van der Waals surface area contributed by atoms with E-state index in [0.29, 0.717) is 18.2 Å². The van der Waals surface area contributed by atoms with E-state index in [-0.39, 0.29) is 18.5 Å². The van der Waals surface area contributed by atoms with Gasteiger partial charge in [-0.2, -0.15) is 0 Å². The fourth-order valence-corrected chi connectivity index (χ4v) is 1.91. The Balaban J connectivity index is 3.12. The summed E-state index contributed by atoms with van der Waals surface area (Å²) in [6.07, 6.45) is -0.739. The second-order valence-corrected chi connectivity index (χ2v) is 4.73. The Morgan fingerprint density at radius 1 is 0.905 bits per heavy atom. The van der Waals surface area contributed by atoms with Crippen molar-refractivity contribution in [2.45, 2.75) is 32.3 Å². The lowest BCUT2D eigenvalue weighted by Crippen LogP contribution is -2.41. The summed E-state index contributed by atoms with van der Waals surface area (Å²) in [4.78, 5) is 0. The number of aromatic nitrogens is 3. The van der Waals surface area contributed by atoms with Crippen molar-refractivity contribution < 1.29 is 18.9 Å². The highest BCUT2D eigenvalue weighted by Gasteiger charge is 2.25. The molecule has 1 rings (SSSR count). The molecule has 21 heavy (non-hydrogen) atoms. The van der Waals surface area contributed by atoms with Gasteiger partial charge in [0, 0.05) is 35.5 Å². The van der Waals surface area contributed by atoms with Crippen LogP contribution in [-0.4, -0.2) is 63.2 Å². The van der Waals surface area contributed by atoms with E-state index < -0.39 is 0 Å². The van der Waals surface area contributed by atoms with Gasteiger partial charge in [-0.3, -0.25) is 0 Å². The molecule has 1 aromatic heterocycles. The molecule has 1 aromatic rings. The van der Waals surface area contributed by atoms with Crippen molar-refractivity contribution >= 4 is 0 Å². The summed E-state index contributed by atoms with van der Waals surface area (Å²) in [6, 6.07) is 0. The minimum atomic E-state index is -0.353. The molecule has 8 nitrogen and oxygen atoms in total. The molecule has 0 aromatic carbocycles. The maximum Gasteiger partial charge on any atom is 0.180 e. The van der Waals surface area contributed by atoms with Gasteiger partial charge in [0.1, 0.15) is 12.2 Å². The van der Waals surface area contributed by atoms with Crippen molar-refractivity contribution in [3.63, 3.8) is 0 Å². The third-order valence-electron chi connectivity index (χ3n) is 3.40. The lowest BCUT2D eigenvalue weighted by atomic mass is 10.3. The van der Waals surface area contributed by atoms with Crippen LogP contribution in [0.1, 0.15) is 37.7 Å². The second-order valence-electron chi connectivity index (χ2n) is 4.73. The number of nitrogens with zero attached hydrogens (tertiary/aromatic N) is 4. The van der Waals surface area contributed by atoms with E-state index in [1.807, 2.05) is 30.6 Å². The third-order valence-corrected chi connectivity index (χ3v) is 3.40. The lowest BCUT2D eigenvalue weighted by molar-refractivity contribution is -0.0969. The Morgan fingerprint density at radius 2 is 1.33 bits per heavy atom. The topological polar surface area (TPSA) is 70.9 Å². The van der Waals surface area contributed by atoms with E-state index in [1.54, 1.807) is 28.4 Å². The Labute approximate surface area is 125 Å². The summed E-state index contributed by atoms with van der Waals surface area (Å²) < 4.78 is 23.1. The SMILES string of the molecule is COC(CN(C)n1c(C(C)OC)nnc1C(C)OC)OC. The minimum absolute atomic E-state index is 0.193. The summed E-state index contributed by atoms with van der Waals surface area (Å²) >= 11 is 0. The maximum atomic E-state index is 5.36. The van der Waals surface area contributed by atoms with Gasteiger partial charge in [0.05, 0.1) is 6.54 Å². The highest BCUT2D eigenvalue weighted by molar-refractivity contribution is 5.06. The normalized spacial score (nSPS) is 14.5. The molecule has 0 aliphatic rings. The van der Waals surface area contributed by atoms with Crippen LogP contribution in [0.5, 0.6) is 0 Å². The monoisotopic (exact) mass is 302 g/mol. The molecule has 2 atom stereocenters. The van der Waals surface area contributed by atoms with E-state index in [0.717, 1.165) is 0 Å². The van der Waals surface area contributed by atoms with Gasteiger partial charge in [0.25, 0.3) is 0 Å². The summed E-state index contributed by atoms with van der Waals surface area (Å²) in [5.74, 6) is 1.40. The fraction of sp³-hybridized carbons (Fsp3) is 0.846. The molecular weight excluding hydrogens is 276 g/mol. The average molecular weight is 302 g/mol. The molecule has 0 aliphatic heterocycles. The molecule has 0 fully saturated rings. The van der Waals surface area contributed by atoms with Crippen LogP contribution in [0.2, 0.25) is 0 Å². The van der Waals surface area contributed by atoms with Crippen LogP contribution in [0.15, 0.2) is 0 Å². The summed E-state index contributed by atoms with van der Waals surface area (Å²) in [5, 5.41) is 10.4. The van der Waals surface area contributed by atoms with E-state index >= 15 is 0 Å². The standard InChI is InChI=1S/C13H26N4O4/c1-9(18-4)12-14-15-13(10(2)19-5)17(12)16(3)8-11(20-6)21-7/h9-11H,8H2,1-7H3. The highest BCUT2D eigenvalue weighted by atomic mass is 16.7. The van der Waals surface area contributed by atoms with Crippen LogP contribution >= 0.6 is 0 Å². The molecule has 122 valence electrons. The zero-order chi connectivity index (χ0) is 16.0. The zero-order valence-corrected chi connectivity index (χ0v) is 13.9. The number of hydrogen-bond acceptors (Lipinski definition) is 7. The number of ether oxygens (including phenoxy) is 4. The molecule has 0 aliphatic carbocycles. The van der Waals surface area contributed by atoms with Gasteiger partial charge < -0.3 is 24.0 Å². The van der Waals surface area contributed by atoms with Crippen LogP contribution < -0.4 is 5.01 Å². The molecule has 0 saturated carbocycles. The summed E-state index contributed by atoms with van der Waals surface area (Å²) in [6.45, 7) is 4.34. The van der Waals surface area contributed by atoms with Crippen molar-refractivity contribution in [3.05, 3.63) is 11.6 Å². The molecule has 0 N–H and O–H groups in total. The number of hydrogen-bond donors (Lipinski definition) is 0. The molecule has 0 spiro atoms. The first-order valence-corrected chi connectivity index (χ1v) is 6.77. The lowest BCUT2D eigenvalue weighted by Gasteiger charge is -2.28. The highest BCUT2D eigenvalue weighted by Crippen LogP contribution is 2.20. The quantitative estimate of drug-likeness (QED) is 0.627. The summed E-state index contributed by atoms with van der Waals surface area (Å²) in [7, 11) is 8.38. The first-order valence-electron chi connectivity index (χ1n) is 6.77. The smallest absolute Gasteiger partial charge is 0.180 e. The molecular formula is C13H26N4O4. The number of methoxy groups -OCH3 is 4. The predicted molar refractivity (Wildman–Crippen MR) is 77.7 cm³/mol. The van der Waals surface area contributed by atoms with Gasteiger partial charge in [-0.25, -0.2) is 4.68 Å². The summed E-state index contributed by atoms with van der Waals surface area (Å²) in [5.41, 5.74) is 0.